The van der Waals surface area contributed by atoms with Gasteiger partial charge < -0.3 is 19.5 Å². The molecule has 174 valence electrons. The van der Waals surface area contributed by atoms with Gasteiger partial charge in [0.05, 0.1) is 17.7 Å². The number of Topliss-reactive ketones (excluding diaryl/α,β-unsaturated/α-hetero) is 1. The first-order valence-corrected chi connectivity index (χ1v) is 11.0. The largest absolute Gasteiger partial charge is 0.507 e. The van der Waals surface area contributed by atoms with Gasteiger partial charge in [-0.1, -0.05) is 19.1 Å². The Hall–Kier alpha value is -3.61. The third-order valence-electron chi connectivity index (χ3n) is 5.27. The minimum Gasteiger partial charge on any atom is -0.507 e. The van der Waals surface area contributed by atoms with E-state index < -0.39 is 23.7 Å². The molecule has 1 fully saturated rings. The number of ketones is 1. The number of carbonyl (C=O) groups is 3. The smallest absolute Gasteiger partial charge is 0.308 e. The molecule has 1 aliphatic rings. The Balaban J connectivity index is 2.09. The van der Waals surface area contributed by atoms with E-state index in [1.165, 1.54) is 11.8 Å². The molecule has 2 aromatic rings. The molecule has 1 N–H and O–H groups in total. The van der Waals surface area contributed by atoms with E-state index in [-0.39, 0.29) is 17.4 Å². The summed E-state index contributed by atoms with van der Waals surface area (Å²) in [4.78, 5) is 38.5. The van der Waals surface area contributed by atoms with Crippen LogP contribution in [0.15, 0.2) is 48.0 Å². The Kier molecular flexibility index (Phi) is 7.21. The summed E-state index contributed by atoms with van der Waals surface area (Å²) in [7, 11) is 0. The van der Waals surface area contributed by atoms with Crippen molar-refractivity contribution in [3.63, 3.8) is 0 Å². The van der Waals surface area contributed by atoms with Crippen LogP contribution in [-0.4, -0.2) is 40.3 Å². The van der Waals surface area contributed by atoms with E-state index >= 15 is 0 Å². The van der Waals surface area contributed by atoms with E-state index in [0.717, 1.165) is 5.56 Å². The summed E-state index contributed by atoms with van der Waals surface area (Å²) in [6.45, 7) is 9.29. The molecule has 1 saturated heterocycles. The molecule has 3 rings (SSSR count). The van der Waals surface area contributed by atoms with Crippen LogP contribution in [0.25, 0.3) is 5.76 Å². The number of hydrogen-bond donors (Lipinski definition) is 1. The molecule has 0 saturated carbocycles. The van der Waals surface area contributed by atoms with Gasteiger partial charge in [0, 0.05) is 19.0 Å². The third kappa shape index (κ3) is 5.08. The van der Waals surface area contributed by atoms with Crippen molar-refractivity contribution in [1.82, 2.24) is 4.90 Å². The number of ether oxygens (including phenoxy) is 2. The van der Waals surface area contributed by atoms with Gasteiger partial charge in [0.15, 0.2) is 0 Å². The van der Waals surface area contributed by atoms with E-state index in [1.807, 2.05) is 27.7 Å². The average Bonchev–Trinajstić information content (AvgIpc) is 3.00. The van der Waals surface area contributed by atoms with Crippen molar-refractivity contribution in [3.05, 3.63) is 64.7 Å². The Labute approximate surface area is 193 Å². The maximum absolute atomic E-state index is 13.0. The first kappa shape index (κ1) is 24.0. The molecule has 1 aliphatic heterocycles. The molecule has 7 heteroatoms. The highest BCUT2D eigenvalue weighted by atomic mass is 16.5. The van der Waals surface area contributed by atoms with Gasteiger partial charge in [0.25, 0.3) is 11.7 Å². The fraction of sp³-hybridized carbons (Fsp3) is 0.346. The highest BCUT2D eigenvalue weighted by Gasteiger charge is 2.45. The number of rotatable bonds is 7. The normalized spacial score (nSPS) is 17.5. The van der Waals surface area contributed by atoms with Gasteiger partial charge >= 0.3 is 5.97 Å². The quantitative estimate of drug-likeness (QED) is 0.218. The Morgan fingerprint density at radius 2 is 1.79 bits per heavy atom. The molecular weight excluding hydrogens is 422 g/mol. The van der Waals surface area contributed by atoms with Crippen LogP contribution in [0.1, 0.15) is 56.8 Å². The zero-order valence-corrected chi connectivity index (χ0v) is 19.5. The van der Waals surface area contributed by atoms with Crippen molar-refractivity contribution in [2.45, 2.75) is 53.2 Å². The molecule has 1 amide bonds. The van der Waals surface area contributed by atoms with Crippen LogP contribution in [0.4, 0.5) is 0 Å². The van der Waals surface area contributed by atoms with Gasteiger partial charge in [-0.15, -0.1) is 0 Å². The minimum absolute atomic E-state index is 0.00234. The summed E-state index contributed by atoms with van der Waals surface area (Å²) in [5.74, 6) is -1.01. The van der Waals surface area contributed by atoms with Crippen LogP contribution in [0.3, 0.4) is 0 Å². The van der Waals surface area contributed by atoms with Crippen molar-refractivity contribution in [2.75, 3.05) is 6.54 Å². The predicted molar refractivity (Wildman–Crippen MR) is 124 cm³/mol. The highest BCUT2D eigenvalue weighted by molar-refractivity contribution is 6.46. The third-order valence-corrected chi connectivity index (χ3v) is 5.27. The van der Waals surface area contributed by atoms with Crippen LogP contribution in [0.5, 0.6) is 11.5 Å². The van der Waals surface area contributed by atoms with Crippen LogP contribution in [0.2, 0.25) is 0 Å². The summed E-state index contributed by atoms with van der Waals surface area (Å²) in [6.07, 6.45) is 0.646. The van der Waals surface area contributed by atoms with Gasteiger partial charge in [-0.25, -0.2) is 0 Å². The maximum atomic E-state index is 13.0. The van der Waals surface area contributed by atoms with E-state index in [0.29, 0.717) is 35.6 Å². The Bertz CT molecular complexity index is 1100. The van der Waals surface area contributed by atoms with Crippen LogP contribution < -0.4 is 9.47 Å². The number of nitrogens with zero attached hydrogens (tertiary/aromatic N) is 1. The highest BCUT2D eigenvalue weighted by Crippen LogP contribution is 2.40. The number of aliphatic hydroxyl groups is 1. The second kappa shape index (κ2) is 9.90. The molecule has 0 spiro atoms. The molecule has 0 aliphatic carbocycles. The van der Waals surface area contributed by atoms with Crippen LogP contribution in [-0.2, 0) is 14.4 Å². The molecule has 0 radical (unpaired) electrons. The number of likely N-dealkylation sites (tertiary alicyclic amines) is 1. The lowest BCUT2D eigenvalue weighted by molar-refractivity contribution is -0.139. The standard InChI is InChI=1S/C26H29NO6/c1-6-13-27-23(18-7-10-20(11-8-18)33-17(5)28)22(25(30)26(27)31)24(29)19-9-12-21(16(4)14-19)32-15(2)3/h7-12,14-15,23,29H,6,13H2,1-5H3/b24-22-. The molecule has 0 bridgehead atoms. The molecule has 0 aromatic heterocycles. The zero-order chi connectivity index (χ0) is 24.3. The number of benzene rings is 2. The first-order valence-electron chi connectivity index (χ1n) is 11.0. The topological polar surface area (TPSA) is 93.1 Å². The lowest BCUT2D eigenvalue weighted by atomic mass is 9.94. The number of aryl methyl sites for hydroxylation is 1. The minimum atomic E-state index is -0.747. The molecule has 1 unspecified atom stereocenters. The SMILES string of the molecule is CCCN1C(=O)C(=O)/C(=C(\O)c2ccc(OC(C)C)c(C)c2)C1c1ccc(OC(C)=O)cc1. The lowest BCUT2D eigenvalue weighted by Crippen LogP contribution is -2.30. The van der Waals surface area contributed by atoms with Crippen molar-refractivity contribution >= 4 is 23.4 Å². The average molecular weight is 452 g/mol. The Morgan fingerprint density at radius 3 is 2.33 bits per heavy atom. The van der Waals surface area contributed by atoms with Gasteiger partial charge in [-0.3, -0.25) is 14.4 Å². The van der Waals surface area contributed by atoms with E-state index in [2.05, 4.69) is 0 Å². The molecule has 1 atom stereocenters. The summed E-state index contributed by atoms with van der Waals surface area (Å²) < 4.78 is 10.8. The number of aliphatic hydroxyl groups excluding tert-OH is 1. The van der Waals surface area contributed by atoms with Crippen molar-refractivity contribution in [3.8, 4) is 11.5 Å². The van der Waals surface area contributed by atoms with Gasteiger partial charge in [-0.05, 0) is 68.7 Å². The van der Waals surface area contributed by atoms with Gasteiger partial charge in [-0.2, -0.15) is 0 Å². The van der Waals surface area contributed by atoms with Gasteiger partial charge in [0.1, 0.15) is 17.3 Å². The summed E-state index contributed by atoms with van der Waals surface area (Å²) in [6, 6.07) is 11.0. The molecule has 7 nitrogen and oxygen atoms in total. The second-order valence-corrected chi connectivity index (χ2v) is 8.30. The Morgan fingerprint density at radius 1 is 1.12 bits per heavy atom. The summed E-state index contributed by atoms with van der Waals surface area (Å²) in [5.41, 5.74) is 1.90. The second-order valence-electron chi connectivity index (χ2n) is 8.30. The van der Waals surface area contributed by atoms with Crippen molar-refractivity contribution in [1.29, 1.82) is 0 Å². The fourth-order valence-electron chi connectivity index (χ4n) is 3.92. The number of esters is 1. The van der Waals surface area contributed by atoms with Crippen LogP contribution in [0, 0.1) is 6.92 Å². The van der Waals surface area contributed by atoms with Crippen LogP contribution >= 0.6 is 0 Å². The zero-order valence-electron chi connectivity index (χ0n) is 19.5. The summed E-state index contributed by atoms with van der Waals surface area (Å²) in [5, 5.41) is 11.2. The summed E-state index contributed by atoms with van der Waals surface area (Å²) >= 11 is 0. The monoisotopic (exact) mass is 451 g/mol. The number of amides is 1. The van der Waals surface area contributed by atoms with E-state index in [1.54, 1.807) is 42.5 Å². The number of carbonyl (C=O) groups excluding carboxylic acids is 3. The predicted octanol–water partition coefficient (Wildman–Crippen LogP) is 4.54. The van der Waals surface area contributed by atoms with Gasteiger partial charge in [0.2, 0.25) is 0 Å². The molecule has 33 heavy (non-hydrogen) atoms. The maximum Gasteiger partial charge on any atom is 0.308 e. The van der Waals surface area contributed by atoms with Crippen molar-refractivity contribution < 1.29 is 29.0 Å². The lowest BCUT2D eigenvalue weighted by Gasteiger charge is -2.25. The van der Waals surface area contributed by atoms with Crippen molar-refractivity contribution in [2.24, 2.45) is 0 Å². The number of hydrogen-bond acceptors (Lipinski definition) is 6. The van der Waals surface area contributed by atoms with E-state index in [4.69, 9.17) is 9.47 Å². The molecule has 1 heterocycles. The first-order chi connectivity index (χ1) is 15.6. The van der Waals surface area contributed by atoms with E-state index in [9.17, 15) is 19.5 Å². The molecule has 2 aromatic carbocycles. The molecular formula is C26H29NO6. The fourth-order valence-corrected chi connectivity index (χ4v) is 3.92.